The first-order valence-corrected chi connectivity index (χ1v) is 13.4. The van der Waals surface area contributed by atoms with Crippen LogP contribution in [0.1, 0.15) is 25.3 Å². The van der Waals surface area contributed by atoms with Crippen molar-refractivity contribution >= 4 is 21.1 Å². The van der Waals surface area contributed by atoms with Gasteiger partial charge in [0.2, 0.25) is 15.9 Å². The summed E-state index contributed by atoms with van der Waals surface area (Å²) >= 11 is 0. The number of benzene rings is 1. The van der Waals surface area contributed by atoms with Crippen molar-refractivity contribution in [1.29, 1.82) is 0 Å². The standard InChI is InChI=1S/C25H29FN4O5S/c1-25(29-36(31,32)17-3-5-21-22(15-17)35-14-13-34-21)8-11-30(12-9-25)10-7-18-19(26)16-27-20-4-6-23(33-2)28-24(18)20/h3-6,15-16,29H,7-14H2,1-2H3. The summed E-state index contributed by atoms with van der Waals surface area (Å²) in [7, 11) is -2.22. The van der Waals surface area contributed by atoms with E-state index in [1.165, 1.54) is 25.4 Å². The van der Waals surface area contributed by atoms with Crippen LogP contribution in [0, 0.1) is 5.82 Å². The molecule has 1 N–H and O–H groups in total. The highest BCUT2D eigenvalue weighted by atomic mass is 32.2. The number of piperidine rings is 1. The molecular weight excluding hydrogens is 487 g/mol. The highest BCUT2D eigenvalue weighted by Crippen LogP contribution is 2.33. The molecule has 36 heavy (non-hydrogen) atoms. The molecule has 1 fully saturated rings. The lowest BCUT2D eigenvalue weighted by Crippen LogP contribution is -2.53. The van der Waals surface area contributed by atoms with Gasteiger partial charge in [-0.05, 0) is 57.5 Å². The second kappa shape index (κ2) is 9.79. The minimum Gasteiger partial charge on any atom is -0.486 e. The third kappa shape index (κ3) is 5.09. The van der Waals surface area contributed by atoms with Crippen molar-refractivity contribution in [3.05, 3.63) is 47.9 Å². The fourth-order valence-electron chi connectivity index (χ4n) is 4.65. The van der Waals surface area contributed by atoms with Crippen molar-refractivity contribution in [2.45, 2.75) is 36.6 Å². The van der Waals surface area contributed by atoms with Gasteiger partial charge < -0.3 is 19.1 Å². The first-order chi connectivity index (χ1) is 17.3. The lowest BCUT2D eigenvalue weighted by atomic mass is 9.91. The molecule has 0 unspecified atom stereocenters. The van der Waals surface area contributed by atoms with E-state index in [9.17, 15) is 12.8 Å². The molecule has 2 aliphatic rings. The molecule has 1 saturated heterocycles. The average Bonchev–Trinajstić information content (AvgIpc) is 2.88. The van der Waals surface area contributed by atoms with Gasteiger partial charge in [-0.25, -0.2) is 22.5 Å². The number of aromatic nitrogens is 2. The molecule has 2 aliphatic heterocycles. The van der Waals surface area contributed by atoms with Gasteiger partial charge in [-0.1, -0.05) is 0 Å². The van der Waals surface area contributed by atoms with E-state index in [0.29, 0.717) is 86.1 Å². The number of rotatable bonds is 7. The maximum atomic E-state index is 14.6. The van der Waals surface area contributed by atoms with Crippen LogP contribution in [0.2, 0.25) is 0 Å². The second-order valence-corrected chi connectivity index (χ2v) is 11.1. The Morgan fingerprint density at radius 2 is 1.89 bits per heavy atom. The Morgan fingerprint density at radius 1 is 1.14 bits per heavy atom. The number of hydrogen-bond acceptors (Lipinski definition) is 8. The molecule has 3 aromatic rings. The van der Waals surface area contributed by atoms with E-state index in [-0.39, 0.29) is 4.90 Å². The van der Waals surface area contributed by atoms with Crippen LogP contribution in [0.25, 0.3) is 11.0 Å². The normalized spacial score (nSPS) is 17.8. The molecule has 0 spiro atoms. The van der Waals surface area contributed by atoms with Gasteiger partial charge in [0.15, 0.2) is 11.5 Å². The lowest BCUT2D eigenvalue weighted by Gasteiger charge is -2.39. The van der Waals surface area contributed by atoms with Crippen molar-refractivity contribution in [1.82, 2.24) is 19.6 Å². The number of halogens is 1. The summed E-state index contributed by atoms with van der Waals surface area (Å²) in [5, 5.41) is 0. The van der Waals surface area contributed by atoms with E-state index in [0.717, 1.165) is 0 Å². The number of sulfonamides is 1. The van der Waals surface area contributed by atoms with Gasteiger partial charge in [-0.2, -0.15) is 0 Å². The fourth-order valence-corrected chi connectivity index (χ4v) is 6.13. The van der Waals surface area contributed by atoms with Gasteiger partial charge >= 0.3 is 0 Å². The molecule has 0 saturated carbocycles. The van der Waals surface area contributed by atoms with Crippen LogP contribution >= 0.6 is 0 Å². The molecule has 192 valence electrons. The lowest BCUT2D eigenvalue weighted by molar-refractivity contribution is 0.163. The fraction of sp³-hybridized carbons (Fsp3) is 0.440. The summed E-state index contributed by atoms with van der Waals surface area (Å²) in [6.07, 6.45) is 2.95. The SMILES string of the molecule is COc1ccc2ncc(F)c(CCN3CCC(C)(NS(=O)(=O)c4ccc5c(c4)OCCO5)CC3)c2n1. The topological polar surface area (TPSA) is 103 Å². The van der Waals surface area contributed by atoms with Crippen molar-refractivity contribution in [3.8, 4) is 17.4 Å². The second-order valence-electron chi connectivity index (χ2n) is 9.37. The first-order valence-electron chi connectivity index (χ1n) is 11.9. The summed E-state index contributed by atoms with van der Waals surface area (Å²) < 4.78 is 60.0. The van der Waals surface area contributed by atoms with Crippen LogP contribution in [0.3, 0.4) is 0 Å². The van der Waals surface area contributed by atoms with Crippen LogP contribution in [-0.4, -0.2) is 68.8 Å². The number of methoxy groups -OCH3 is 1. The zero-order valence-corrected chi connectivity index (χ0v) is 21.1. The van der Waals surface area contributed by atoms with Crippen molar-refractivity contribution in [2.24, 2.45) is 0 Å². The molecule has 1 aromatic carbocycles. The Bertz CT molecular complexity index is 1380. The summed E-state index contributed by atoms with van der Waals surface area (Å²) in [4.78, 5) is 10.9. The number of nitrogens with zero attached hydrogens (tertiary/aromatic N) is 3. The van der Waals surface area contributed by atoms with Gasteiger partial charge in [0.25, 0.3) is 0 Å². The highest BCUT2D eigenvalue weighted by Gasteiger charge is 2.35. The Morgan fingerprint density at radius 3 is 2.64 bits per heavy atom. The number of ether oxygens (including phenoxy) is 3. The number of pyridine rings is 2. The summed E-state index contributed by atoms with van der Waals surface area (Å²) in [6, 6.07) is 8.13. The van der Waals surface area contributed by atoms with Crippen molar-refractivity contribution < 1.29 is 27.0 Å². The minimum absolute atomic E-state index is 0.151. The van der Waals surface area contributed by atoms with Gasteiger partial charge in [0, 0.05) is 29.8 Å². The molecule has 0 radical (unpaired) electrons. The Balaban J connectivity index is 1.22. The van der Waals surface area contributed by atoms with Crippen LogP contribution in [0.15, 0.2) is 41.4 Å². The number of nitrogens with one attached hydrogen (secondary N) is 1. The Labute approximate surface area is 209 Å². The van der Waals surface area contributed by atoms with E-state index in [2.05, 4.69) is 19.6 Å². The largest absolute Gasteiger partial charge is 0.486 e. The Kier molecular flexibility index (Phi) is 6.71. The predicted molar refractivity (Wildman–Crippen MR) is 132 cm³/mol. The molecule has 0 amide bonds. The third-order valence-electron chi connectivity index (χ3n) is 6.79. The molecular formula is C25H29FN4O5S. The van der Waals surface area contributed by atoms with Crippen LogP contribution in [-0.2, 0) is 16.4 Å². The monoisotopic (exact) mass is 516 g/mol. The average molecular weight is 517 g/mol. The predicted octanol–water partition coefficient (Wildman–Crippen LogP) is 2.92. The van der Waals surface area contributed by atoms with Gasteiger partial charge in [-0.3, -0.25) is 4.98 Å². The maximum Gasteiger partial charge on any atom is 0.241 e. The summed E-state index contributed by atoms with van der Waals surface area (Å²) in [6.45, 7) is 4.75. The number of likely N-dealkylation sites (tertiary alicyclic amines) is 1. The summed E-state index contributed by atoms with van der Waals surface area (Å²) in [5.41, 5.74) is 1.04. The molecule has 9 nitrogen and oxygen atoms in total. The molecule has 0 atom stereocenters. The van der Waals surface area contributed by atoms with E-state index in [4.69, 9.17) is 14.2 Å². The summed E-state index contributed by atoms with van der Waals surface area (Å²) in [5.74, 6) is 1.01. The third-order valence-corrected chi connectivity index (χ3v) is 8.43. The van der Waals surface area contributed by atoms with Crippen LogP contribution < -0.4 is 18.9 Å². The van der Waals surface area contributed by atoms with Crippen molar-refractivity contribution in [3.63, 3.8) is 0 Å². The molecule has 0 aliphatic carbocycles. The van der Waals surface area contributed by atoms with E-state index < -0.39 is 21.4 Å². The van der Waals surface area contributed by atoms with E-state index >= 15 is 0 Å². The molecule has 4 heterocycles. The molecule has 11 heteroatoms. The van der Waals surface area contributed by atoms with Crippen LogP contribution in [0.4, 0.5) is 4.39 Å². The quantitative estimate of drug-likeness (QED) is 0.512. The van der Waals surface area contributed by atoms with Crippen LogP contribution in [0.5, 0.6) is 17.4 Å². The van der Waals surface area contributed by atoms with Gasteiger partial charge in [0.05, 0.1) is 29.2 Å². The first kappa shape index (κ1) is 24.7. The molecule has 0 bridgehead atoms. The number of fused-ring (bicyclic) bond motifs is 2. The molecule has 2 aromatic heterocycles. The van der Waals surface area contributed by atoms with Gasteiger partial charge in [0.1, 0.15) is 19.0 Å². The zero-order valence-electron chi connectivity index (χ0n) is 20.3. The highest BCUT2D eigenvalue weighted by molar-refractivity contribution is 7.89. The van der Waals surface area contributed by atoms with Gasteiger partial charge in [-0.15, -0.1) is 0 Å². The minimum atomic E-state index is -3.74. The number of hydrogen-bond donors (Lipinski definition) is 1. The molecule has 5 rings (SSSR count). The van der Waals surface area contributed by atoms with Crippen molar-refractivity contribution in [2.75, 3.05) is 40.0 Å². The maximum absolute atomic E-state index is 14.6. The Hall–Kier alpha value is -3.02. The van der Waals surface area contributed by atoms with E-state index in [1.54, 1.807) is 18.2 Å². The van der Waals surface area contributed by atoms with E-state index in [1.807, 2.05) is 6.92 Å². The smallest absolute Gasteiger partial charge is 0.241 e. The zero-order chi connectivity index (χ0) is 25.3.